The van der Waals surface area contributed by atoms with E-state index >= 15 is 0 Å². The largest absolute Gasteiger partial charge is 0.494 e. The van der Waals surface area contributed by atoms with E-state index in [1.807, 2.05) is 67.3 Å². The number of hydrogen-bond donors (Lipinski definition) is 0. The van der Waals surface area contributed by atoms with Crippen molar-refractivity contribution in [3.63, 3.8) is 0 Å². The second-order valence-corrected chi connectivity index (χ2v) is 7.69. The van der Waals surface area contributed by atoms with Gasteiger partial charge in [-0.15, -0.1) is 5.10 Å². The van der Waals surface area contributed by atoms with E-state index in [1.54, 1.807) is 4.68 Å². The Labute approximate surface area is 187 Å². The van der Waals surface area contributed by atoms with Crippen LogP contribution in [0.3, 0.4) is 0 Å². The Morgan fingerprint density at radius 3 is 2.25 bits per heavy atom. The molecule has 0 aliphatic carbocycles. The number of carbonyl (C=O) groups excluding carboxylic acids is 1. The van der Waals surface area contributed by atoms with Gasteiger partial charge in [-0.3, -0.25) is 9.69 Å². The van der Waals surface area contributed by atoms with Crippen molar-refractivity contribution in [2.24, 2.45) is 0 Å². The Balaban J connectivity index is 1.25. The molecule has 1 saturated heterocycles. The first kappa shape index (κ1) is 21.8. The van der Waals surface area contributed by atoms with E-state index in [0.29, 0.717) is 32.0 Å². The number of rotatable bonds is 8. The molecule has 32 heavy (non-hydrogen) atoms. The number of carbonyl (C=O) groups is 1. The van der Waals surface area contributed by atoms with Gasteiger partial charge in [0.1, 0.15) is 11.5 Å². The second kappa shape index (κ2) is 10.2. The van der Waals surface area contributed by atoms with E-state index < -0.39 is 0 Å². The van der Waals surface area contributed by atoms with E-state index in [4.69, 9.17) is 9.47 Å². The SMILES string of the molecule is CCOc1ccc(OCC(=O)N2CCN(Cc3nnnn3-c3ccc(C)cc3)CC2)cc1. The molecule has 9 heteroatoms. The van der Waals surface area contributed by atoms with Crippen LogP contribution in [0.1, 0.15) is 18.3 Å². The van der Waals surface area contributed by atoms with Crippen LogP contribution in [0.15, 0.2) is 48.5 Å². The normalized spacial score (nSPS) is 14.4. The molecule has 0 atom stereocenters. The Hall–Kier alpha value is -3.46. The first-order valence-corrected chi connectivity index (χ1v) is 10.8. The number of hydrogen-bond acceptors (Lipinski definition) is 7. The van der Waals surface area contributed by atoms with E-state index in [1.165, 1.54) is 5.56 Å². The lowest BCUT2D eigenvalue weighted by Gasteiger charge is -2.34. The lowest BCUT2D eigenvalue weighted by Crippen LogP contribution is -2.49. The van der Waals surface area contributed by atoms with E-state index in [0.717, 1.165) is 30.4 Å². The molecule has 2 heterocycles. The molecule has 168 valence electrons. The molecular weight excluding hydrogens is 408 g/mol. The number of aryl methyl sites for hydroxylation is 1. The molecule has 0 spiro atoms. The molecule has 1 aliphatic rings. The summed E-state index contributed by atoms with van der Waals surface area (Å²) in [5, 5.41) is 12.2. The summed E-state index contributed by atoms with van der Waals surface area (Å²) in [6.07, 6.45) is 0. The summed E-state index contributed by atoms with van der Waals surface area (Å²) < 4.78 is 12.8. The van der Waals surface area contributed by atoms with Crippen molar-refractivity contribution in [1.29, 1.82) is 0 Å². The van der Waals surface area contributed by atoms with Crippen LogP contribution in [-0.2, 0) is 11.3 Å². The summed E-state index contributed by atoms with van der Waals surface area (Å²) >= 11 is 0. The van der Waals surface area contributed by atoms with Crippen molar-refractivity contribution in [3.8, 4) is 17.2 Å². The summed E-state index contributed by atoms with van der Waals surface area (Å²) in [6, 6.07) is 15.4. The molecule has 1 aromatic heterocycles. The van der Waals surface area contributed by atoms with Crippen LogP contribution in [0.4, 0.5) is 0 Å². The third-order valence-electron chi connectivity index (χ3n) is 5.40. The summed E-state index contributed by atoms with van der Waals surface area (Å²) in [5.41, 5.74) is 2.13. The third-order valence-corrected chi connectivity index (χ3v) is 5.40. The van der Waals surface area contributed by atoms with E-state index in [-0.39, 0.29) is 12.5 Å². The van der Waals surface area contributed by atoms with Crippen LogP contribution < -0.4 is 9.47 Å². The highest BCUT2D eigenvalue weighted by molar-refractivity contribution is 5.77. The van der Waals surface area contributed by atoms with Crippen molar-refractivity contribution in [3.05, 3.63) is 59.9 Å². The zero-order chi connectivity index (χ0) is 22.3. The van der Waals surface area contributed by atoms with Crippen LogP contribution in [0.2, 0.25) is 0 Å². The number of tetrazole rings is 1. The minimum atomic E-state index is -0.0111. The predicted molar refractivity (Wildman–Crippen MR) is 119 cm³/mol. The van der Waals surface area contributed by atoms with Crippen LogP contribution in [0.25, 0.3) is 5.69 Å². The molecule has 0 saturated carbocycles. The van der Waals surface area contributed by atoms with Crippen molar-refractivity contribution in [1.82, 2.24) is 30.0 Å². The quantitative estimate of drug-likeness (QED) is 0.534. The van der Waals surface area contributed by atoms with Crippen molar-refractivity contribution < 1.29 is 14.3 Å². The number of ether oxygens (including phenoxy) is 2. The molecule has 0 radical (unpaired) electrons. The van der Waals surface area contributed by atoms with Gasteiger partial charge in [-0.2, -0.15) is 4.68 Å². The van der Waals surface area contributed by atoms with Gasteiger partial charge < -0.3 is 14.4 Å². The van der Waals surface area contributed by atoms with Crippen LogP contribution >= 0.6 is 0 Å². The van der Waals surface area contributed by atoms with Crippen molar-refractivity contribution >= 4 is 5.91 Å². The van der Waals surface area contributed by atoms with Crippen LogP contribution in [-0.4, -0.2) is 75.3 Å². The van der Waals surface area contributed by atoms with E-state index in [2.05, 4.69) is 20.4 Å². The van der Waals surface area contributed by atoms with Gasteiger partial charge in [0, 0.05) is 26.2 Å². The molecule has 4 rings (SSSR count). The van der Waals surface area contributed by atoms with Gasteiger partial charge >= 0.3 is 0 Å². The molecular formula is C23H28N6O3. The first-order chi connectivity index (χ1) is 15.6. The highest BCUT2D eigenvalue weighted by Gasteiger charge is 2.23. The number of amides is 1. The Kier molecular flexibility index (Phi) is 6.96. The molecule has 0 unspecified atom stereocenters. The fourth-order valence-electron chi connectivity index (χ4n) is 3.58. The average Bonchev–Trinajstić information content (AvgIpc) is 3.27. The maximum Gasteiger partial charge on any atom is 0.260 e. The van der Waals surface area contributed by atoms with Gasteiger partial charge in [-0.1, -0.05) is 17.7 Å². The number of aromatic nitrogens is 4. The molecule has 3 aromatic rings. The van der Waals surface area contributed by atoms with Gasteiger partial charge in [0.25, 0.3) is 5.91 Å². The molecule has 0 bridgehead atoms. The fraction of sp³-hybridized carbons (Fsp3) is 0.391. The highest BCUT2D eigenvalue weighted by atomic mass is 16.5. The van der Waals surface area contributed by atoms with Gasteiger partial charge in [-0.25, -0.2) is 0 Å². The standard InChI is InChI=1S/C23H28N6O3/c1-3-31-20-8-10-21(11-9-20)32-17-23(30)28-14-12-27(13-15-28)16-22-24-25-26-29(22)19-6-4-18(2)5-7-19/h4-11H,3,12-17H2,1-2H3. The predicted octanol–water partition coefficient (Wildman–Crippen LogP) is 2.09. The molecule has 1 fully saturated rings. The molecule has 1 aliphatic heterocycles. The number of benzene rings is 2. The van der Waals surface area contributed by atoms with Gasteiger partial charge in [0.15, 0.2) is 12.4 Å². The minimum absolute atomic E-state index is 0.0111. The summed E-state index contributed by atoms with van der Waals surface area (Å²) in [6.45, 7) is 8.08. The monoisotopic (exact) mass is 436 g/mol. The Bertz CT molecular complexity index is 1010. The first-order valence-electron chi connectivity index (χ1n) is 10.8. The maximum atomic E-state index is 12.6. The average molecular weight is 437 g/mol. The Morgan fingerprint density at radius 2 is 1.59 bits per heavy atom. The van der Waals surface area contributed by atoms with E-state index in [9.17, 15) is 4.79 Å². The van der Waals surface area contributed by atoms with Gasteiger partial charge in [0.05, 0.1) is 18.8 Å². The minimum Gasteiger partial charge on any atom is -0.494 e. The zero-order valence-corrected chi connectivity index (χ0v) is 18.5. The number of piperazine rings is 1. The fourth-order valence-corrected chi connectivity index (χ4v) is 3.58. The topological polar surface area (TPSA) is 85.6 Å². The summed E-state index contributed by atoms with van der Waals surface area (Å²) in [4.78, 5) is 16.7. The smallest absolute Gasteiger partial charge is 0.260 e. The van der Waals surface area contributed by atoms with Gasteiger partial charge in [0.2, 0.25) is 0 Å². The van der Waals surface area contributed by atoms with Crippen LogP contribution in [0, 0.1) is 6.92 Å². The van der Waals surface area contributed by atoms with Crippen molar-refractivity contribution in [2.45, 2.75) is 20.4 Å². The molecule has 0 N–H and O–H groups in total. The third kappa shape index (κ3) is 5.42. The lowest BCUT2D eigenvalue weighted by atomic mass is 10.2. The summed E-state index contributed by atoms with van der Waals surface area (Å²) in [7, 11) is 0. The van der Waals surface area contributed by atoms with Crippen molar-refractivity contribution in [2.75, 3.05) is 39.4 Å². The highest BCUT2D eigenvalue weighted by Crippen LogP contribution is 2.18. The molecule has 1 amide bonds. The zero-order valence-electron chi connectivity index (χ0n) is 18.5. The Morgan fingerprint density at radius 1 is 0.938 bits per heavy atom. The molecule has 9 nitrogen and oxygen atoms in total. The maximum absolute atomic E-state index is 12.6. The second-order valence-electron chi connectivity index (χ2n) is 7.69. The van der Waals surface area contributed by atoms with Gasteiger partial charge in [-0.05, 0) is 60.7 Å². The summed E-state index contributed by atoms with van der Waals surface area (Å²) in [5.74, 6) is 2.22. The van der Waals surface area contributed by atoms with Crippen LogP contribution in [0.5, 0.6) is 11.5 Å². The number of nitrogens with zero attached hydrogens (tertiary/aromatic N) is 6. The lowest BCUT2D eigenvalue weighted by molar-refractivity contribution is -0.135. The molecule has 2 aromatic carbocycles.